The van der Waals surface area contributed by atoms with Crippen molar-refractivity contribution in [3.8, 4) is 34.0 Å². The smallest absolute Gasteiger partial charge is 0.335 e. The molecular weight excluding hydrogens is 312 g/mol. The second-order valence-corrected chi connectivity index (χ2v) is 4.91. The molecule has 2 aromatic carbocycles. The molecule has 0 aliphatic rings. The summed E-state index contributed by atoms with van der Waals surface area (Å²) in [4.78, 5) is 11.5. The maximum absolute atomic E-state index is 11.5. The van der Waals surface area contributed by atoms with Crippen LogP contribution >= 0.6 is 0 Å². The van der Waals surface area contributed by atoms with Gasteiger partial charge in [-0.3, -0.25) is 0 Å². The molecule has 122 valence electrons. The summed E-state index contributed by atoms with van der Waals surface area (Å²) in [7, 11) is 3.11. The van der Waals surface area contributed by atoms with E-state index in [0.29, 0.717) is 34.0 Å². The van der Waals surface area contributed by atoms with Gasteiger partial charge in [0.2, 0.25) is 5.82 Å². The van der Waals surface area contributed by atoms with E-state index in [1.165, 1.54) is 6.07 Å². The number of H-pyrrole nitrogens is 1. The van der Waals surface area contributed by atoms with E-state index >= 15 is 0 Å². The van der Waals surface area contributed by atoms with Crippen LogP contribution in [0.3, 0.4) is 0 Å². The monoisotopic (exact) mass is 326 g/mol. The number of ether oxygens (including phenoxy) is 2. The van der Waals surface area contributed by atoms with Crippen LogP contribution in [0.1, 0.15) is 10.4 Å². The maximum atomic E-state index is 11.5. The highest BCUT2D eigenvalue weighted by Crippen LogP contribution is 2.35. The Morgan fingerprint density at radius 2 is 1.88 bits per heavy atom. The fourth-order valence-electron chi connectivity index (χ4n) is 2.36. The quantitative estimate of drug-likeness (QED) is 0.739. The molecule has 1 heterocycles. The first-order valence-corrected chi connectivity index (χ1v) is 6.97. The summed E-state index contributed by atoms with van der Waals surface area (Å²) >= 11 is 0. The molecule has 2 N–H and O–H groups in total. The predicted molar refractivity (Wildman–Crippen MR) is 85.1 cm³/mol. The van der Waals surface area contributed by atoms with Crippen LogP contribution in [-0.2, 0) is 0 Å². The van der Waals surface area contributed by atoms with Gasteiger partial charge < -0.3 is 14.6 Å². The number of aromatic nitrogens is 4. The number of hydrogen-bond donors (Lipinski definition) is 2. The molecule has 0 amide bonds. The Labute approximate surface area is 137 Å². The number of carboxylic acid groups (broad SMARTS) is 1. The number of methoxy groups -OCH3 is 2. The number of rotatable bonds is 5. The standard InChI is InChI=1S/C16H14N4O4/c1-23-12-3-4-14(24-2)13(8-12)9-5-10(15-17-19-20-18-15)7-11(6-9)16(21)22/h3-8H,1-2H3,(H,21,22)(H,17,18,19,20). The number of hydrogen-bond acceptors (Lipinski definition) is 6. The average Bonchev–Trinajstić information content (AvgIpc) is 3.15. The van der Waals surface area contributed by atoms with Crippen molar-refractivity contribution in [1.29, 1.82) is 0 Å². The van der Waals surface area contributed by atoms with Crippen molar-refractivity contribution < 1.29 is 19.4 Å². The molecule has 8 nitrogen and oxygen atoms in total. The van der Waals surface area contributed by atoms with Gasteiger partial charge in [-0.05, 0) is 47.2 Å². The zero-order valence-corrected chi connectivity index (χ0v) is 13.0. The van der Waals surface area contributed by atoms with Crippen molar-refractivity contribution in [2.75, 3.05) is 14.2 Å². The van der Waals surface area contributed by atoms with Crippen LogP contribution in [0.4, 0.5) is 0 Å². The van der Waals surface area contributed by atoms with Gasteiger partial charge in [0.25, 0.3) is 0 Å². The maximum Gasteiger partial charge on any atom is 0.335 e. The van der Waals surface area contributed by atoms with Crippen molar-refractivity contribution in [2.45, 2.75) is 0 Å². The fourth-order valence-corrected chi connectivity index (χ4v) is 2.36. The Balaban J connectivity index is 2.22. The number of nitrogens with one attached hydrogen (secondary N) is 1. The third kappa shape index (κ3) is 2.89. The normalized spacial score (nSPS) is 10.4. The first-order chi connectivity index (χ1) is 11.6. The van der Waals surface area contributed by atoms with Crippen LogP contribution in [0.2, 0.25) is 0 Å². The molecule has 1 aromatic heterocycles. The Kier molecular flexibility index (Phi) is 4.11. The predicted octanol–water partition coefficient (Wildman–Crippen LogP) is 2.25. The number of nitrogens with zero attached hydrogens (tertiary/aromatic N) is 3. The van der Waals surface area contributed by atoms with E-state index in [4.69, 9.17) is 9.47 Å². The average molecular weight is 326 g/mol. The van der Waals surface area contributed by atoms with Gasteiger partial charge in [-0.2, -0.15) is 5.21 Å². The van der Waals surface area contributed by atoms with Gasteiger partial charge in [-0.15, -0.1) is 10.2 Å². The summed E-state index contributed by atoms with van der Waals surface area (Å²) in [5.41, 5.74) is 1.98. The molecular formula is C16H14N4O4. The lowest BCUT2D eigenvalue weighted by Crippen LogP contribution is -1.99. The molecule has 0 unspecified atom stereocenters. The van der Waals surface area contributed by atoms with Crippen molar-refractivity contribution in [2.24, 2.45) is 0 Å². The number of carboxylic acids is 1. The number of tetrazole rings is 1. The van der Waals surface area contributed by atoms with Gasteiger partial charge in [-0.1, -0.05) is 0 Å². The number of aromatic carboxylic acids is 1. The Hall–Kier alpha value is -3.42. The van der Waals surface area contributed by atoms with Crippen molar-refractivity contribution in [3.63, 3.8) is 0 Å². The highest BCUT2D eigenvalue weighted by atomic mass is 16.5. The van der Waals surface area contributed by atoms with Gasteiger partial charge in [0.05, 0.1) is 19.8 Å². The van der Waals surface area contributed by atoms with Crippen LogP contribution in [0.25, 0.3) is 22.5 Å². The molecule has 0 atom stereocenters. The van der Waals surface area contributed by atoms with Gasteiger partial charge in [0, 0.05) is 11.1 Å². The van der Waals surface area contributed by atoms with Crippen LogP contribution < -0.4 is 9.47 Å². The number of benzene rings is 2. The SMILES string of the molecule is COc1ccc(OC)c(-c2cc(C(=O)O)cc(-c3nn[nH]n3)c2)c1. The molecule has 0 fully saturated rings. The fraction of sp³-hybridized carbons (Fsp3) is 0.125. The zero-order chi connectivity index (χ0) is 17.1. The van der Waals surface area contributed by atoms with Crippen LogP contribution in [0.15, 0.2) is 36.4 Å². The molecule has 8 heteroatoms. The first-order valence-electron chi connectivity index (χ1n) is 6.97. The molecule has 0 saturated heterocycles. The number of carbonyl (C=O) groups is 1. The highest BCUT2D eigenvalue weighted by molar-refractivity contribution is 5.92. The lowest BCUT2D eigenvalue weighted by atomic mass is 9.98. The molecule has 0 spiro atoms. The number of aromatic amines is 1. The summed E-state index contributed by atoms with van der Waals surface area (Å²) in [6.07, 6.45) is 0. The molecule has 3 aromatic rings. The van der Waals surface area contributed by atoms with E-state index in [-0.39, 0.29) is 5.56 Å². The molecule has 0 bridgehead atoms. The Bertz CT molecular complexity index is 878. The molecule has 0 radical (unpaired) electrons. The lowest BCUT2D eigenvalue weighted by molar-refractivity contribution is 0.0697. The van der Waals surface area contributed by atoms with Crippen molar-refractivity contribution in [3.05, 3.63) is 42.0 Å². The first kappa shape index (κ1) is 15.5. The summed E-state index contributed by atoms with van der Waals surface area (Å²) in [5.74, 6) is 0.481. The van der Waals surface area contributed by atoms with E-state index in [9.17, 15) is 9.90 Å². The third-order valence-electron chi connectivity index (χ3n) is 3.50. The molecule has 24 heavy (non-hydrogen) atoms. The largest absolute Gasteiger partial charge is 0.497 e. The zero-order valence-electron chi connectivity index (χ0n) is 13.0. The van der Waals surface area contributed by atoms with Crippen LogP contribution in [0.5, 0.6) is 11.5 Å². The third-order valence-corrected chi connectivity index (χ3v) is 3.50. The molecule has 3 rings (SSSR count). The second kappa shape index (κ2) is 6.37. The van der Waals surface area contributed by atoms with E-state index in [2.05, 4.69) is 20.6 Å². The van der Waals surface area contributed by atoms with Crippen molar-refractivity contribution >= 4 is 5.97 Å². The van der Waals surface area contributed by atoms with E-state index < -0.39 is 5.97 Å². The lowest BCUT2D eigenvalue weighted by Gasteiger charge is -2.12. The molecule has 0 saturated carbocycles. The van der Waals surface area contributed by atoms with E-state index in [1.807, 2.05) is 0 Å². The van der Waals surface area contributed by atoms with Crippen LogP contribution in [-0.4, -0.2) is 45.9 Å². The van der Waals surface area contributed by atoms with E-state index in [1.54, 1.807) is 44.6 Å². The minimum atomic E-state index is -1.05. The van der Waals surface area contributed by atoms with Crippen molar-refractivity contribution in [1.82, 2.24) is 20.6 Å². The van der Waals surface area contributed by atoms with Gasteiger partial charge in [-0.25, -0.2) is 4.79 Å². The summed E-state index contributed by atoms with van der Waals surface area (Å²) in [6, 6.07) is 10.1. The second-order valence-electron chi connectivity index (χ2n) is 4.91. The minimum Gasteiger partial charge on any atom is -0.497 e. The molecule has 0 aliphatic carbocycles. The van der Waals surface area contributed by atoms with E-state index in [0.717, 1.165) is 0 Å². The van der Waals surface area contributed by atoms with Crippen LogP contribution in [0, 0.1) is 0 Å². The minimum absolute atomic E-state index is 0.108. The summed E-state index contributed by atoms with van der Waals surface area (Å²) in [6.45, 7) is 0. The van der Waals surface area contributed by atoms with Gasteiger partial charge in [0.15, 0.2) is 0 Å². The topological polar surface area (TPSA) is 110 Å². The van der Waals surface area contributed by atoms with Gasteiger partial charge in [0.1, 0.15) is 11.5 Å². The molecule has 0 aliphatic heterocycles. The van der Waals surface area contributed by atoms with Gasteiger partial charge >= 0.3 is 5.97 Å². The summed E-state index contributed by atoms with van der Waals surface area (Å²) in [5, 5.41) is 23.1. The highest BCUT2D eigenvalue weighted by Gasteiger charge is 2.15. The Morgan fingerprint density at radius 3 is 2.50 bits per heavy atom. The summed E-state index contributed by atoms with van der Waals surface area (Å²) < 4.78 is 10.6. The Morgan fingerprint density at radius 1 is 1.08 bits per heavy atom.